The van der Waals surface area contributed by atoms with Gasteiger partial charge in [-0.2, -0.15) is 0 Å². The summed E-state index contributed by atoms with van der Waals surface area (Å²) in [6.07, 6.45) is 1.74. The molecule has 110 valence electrons. The maximum absolute atomic E-state index is 11.6. The van der Waals surface area contributed by atoms with Gasteiger partial charge in [0, 0.05) is 16.1 Å². The lowest BCUT2D eigenvalue weighted by Gasteiger charge is -2.02. The van der Waals surface area contributed by atoms with E-state index >= 15 is 0 Å². The summed E-state index contributed by atoms with van der Waals surface area (Å²) in [6, 6.07) is 14.6. The summed E-state index contributed by atoms with van der Waals surface area (Å²) in [5.74, 6) is 0.309. The van der Waals surface area contributed by atoms with Gasteiger partial charge in [0.25, 0.3) is 0 Å². The fourth-order valence-electron chi connectivity index (χ4n) is 2.18. The van der Waals surface area contributed by atoms with E-state index in [4.69, 9.17) is 16.3 Å². The minimum atomic E-state index is -0.372. The monoisotopic (exact) mass is 312 g/mol. The van der Waals surface area contributed by atoms with Gasteiger partial charge in [-0.1, -0.05) is 35.9 Å². The van der Waals surface area contributed by atoms with Crippen molar-refractivity contribution in [1.29, 1.82) is 0 Å². The van der Waals surface area contributed by atoms with Crippen LogP contribution in [0.3, 0.4) is 0 Å². The van der Waals surface area contributed by atoms with Gasteiger partial charge in [-0.15, -0.1) is 0 Å². The third-order valence-electron chi connectivity index (χ3n) is 3.27. The van der Waals surface area contributed by atoms with Crippen molar-refractivity contribution in [3.05, 3.63) is 65.3 Å². The molecule has 0 saturated carbocycles. The second-order valence-electron chi connectivity index (χ2n) is 4.73. The fourth-order valence-corrected chi connectivity index (χ4v) is 2.37. The number of carbonyl (C=O) groups is 1. The van der Waals surface area contributed by atoms with Gasteiger partial charge in [-0.25, -0.2) is 9.78 Å². The van der Waals surface area contributed by atoms with Crippen molar-refractivity contribution in [2.24, 2.45) is 0 Å². The number of aromatic amines is 1. The Morgan fingerprint density at radius 3 is 2.68 bits per heavy atom. The SMILES string of the molecule is COC(=O)c1cccc(-c2ncc(-c3cccc(Cl)c3)[nH]2)c1. The average Bonchev–Trinajstić information content (AvgIpc) is 3.04. The number of ether oxygens (including phenoxy) is 1. The number of hydrogen-bond donors (Lipinski definition) is 1. The highest BCUT2D eigenvalue weighted by atomic mass is 35.5. The second kappa shape index (κ2) is 6.03. The molecular formula is C17H13ClN2O2. The quantitative estimate of drug-likeness (QED) is 0.738. The number of rotatable bonds is 3. The number of H-pyrrole nitrogens is 1. The van der Waals surface area contributed by atoms with E-state index in [0.717, 1.165) is 16.8 Å². The number of imidazole rings is 1. The molecule has 0 amide bonds. The summed E-state index contributed by atoms with van der Waals surface area (Å²) >= 11 is 6.00. The standard InChI is InChI=1S/C17H13ClN2O2/c1-22-17(21)13-6-2-5-12(8-13)16-19-10-15(20-16)11-4-3-7-14(18)9-11/h2-10H,1H3,(H,19,20). The average molecular weight is 313 g/mol. The van der Waals surface area contributed by atoms with Crippen LogP contribution < -0.4 is 0 Å². The van der Waals surface area contributed by atoms with Crippen molar-refractivity contribution in [2.75, 3.05) is 7.11 Å². The Morgan fingerprint density at radius 2 is 1.91 bits per heavy atom. The Morgan fingerprint density at radius 1 is 1.14 bits per heavy atom. The summed E-state index contributed by atoms with van der Waals surface area (Å²) < 4.78 is 4.73. The first-order chi connectivity index (χ1) is 10.7. The highest BCUT2D eigenvalue weighted by Crippen LogP contribution is 2.24. The molecule has 0 unspecified atom stereocenters. The van der Waals surface area contributed by atoms with Crippen LogP contribution in [0.4, 0.5) is 0 Å². The van der Waals surface area contributed by atoms with Crippen LogP contribution in [-0.2, 0) is 4.74 Å². The number of hydrogen-bond acceptors (Lipinski definition) is 3. The second-order valence-corrected chi connectivity index (χ2v) is 5.16. The zero-order valence-corrected chi connectivity index (χ0v) is 12.6. The van der Waals surface area contributed by atoms with Crippen molar-refractivity contribution < 1.29 is 9.53 Å². The van der Waals surface area contributed by atoms with Crippen LogP contribution in [0, 0.1) is 0 Å². The van der Waals surface area contributed by atoms with Crippen molar-refractivity contribution in [3.63, 3.8) is 0 Å². The molecule has 0 bridgehead atoms. The molecule has 0 aliphatic carbocycles. The number of halogens is 1. The third kappa shape index (κ3) is 2.87. The Hall–Kier alpha value is -2.59. The summed E-state index contributed by atoms with van der Waals surface area (Å²) in [5.41, 5.74) is 3.12. The molecule has 22 heavy (non-hydrogen) atoms. The Bertz CT molecular complexity index is 827. The van der Waals surface area contributed by atoms with Crippen molar-refractivity contribution >= 4 is 17.6 Å². The Balaban J connectivity index is 1.96. The molecule has 4 nitrogen and oxygen atoms in total. The molecule has 0 radical (unpaired) electrons. The maximum Gasteiger partial charge on any atom is 0.337 e. The molecule has 0 fully saturated rings. The summed E-state index contributed by atoms with van der Waals surface area (Å²) in [5, 5.41) is 0.668. The van der Waals surface area contributed by atoms with E-state index in [1.807, 2.05) is 30.3 Å². The Kier molecular flexibility index (Phi) is 3.94. The van der Waals surface area contributed by atoms with E-state index in [1.165, 1.54) is 7.11 Å². The van der Waals surface area contributed by atoms with Gasteiger partial charge in [0.05, 0.1) is 24.6 Å². The molecule has 1 aromatic heterocycles. The molecule has 3 aromatic rings. The molecule has 0 spiro atoms. The molecule has 0 aliphatic heterocycles. The van der Waals surface area contributed by atoms with E-state index in [2.05, 4.69) is 9.97 Å². The predicted octanol–water partition coefficient (Wildman–Crippen LogP) is 4.18. The topological polar surface area (TPSA) is 55.0 Å². The zero-order valence-electron chi connectivity index (χ0n) is 11.8. The zero-order chi connectivity index (χ0) is 15.5. The van der Waals surface area contributed by atoms with Crippen LogP contribution >= 0.6 is 11.6 Å². The first-order valence-electron chi connectivity index (χ1n) is 6.67. The molecule has 2 aromatic carbocycles. The molecular weight excluding hydrogens is 300 g/mol. The van der Waals surface area contributed by atoms with Crippen LogP contribution in [0.5, 0.6) is 0 Å². The minimum absolute atomic E-state index is 0.372. The first kappa shape index (κ1) is 14.4. The Labute approximate surface area is 132 Å². The number of aromatic nitrogens is 2. The smallest absolute Gasteiger partial charge is 0.337 e. The van der Waals surface area contributed by atoms with E-state index < -0.39 is 0 Å². The number of methoxy groups -OCH3 is 1. The first-order valence-corrected chi connectivity index (χ1v) is 7.05. The number of carbonyl (C=O) groups excluding carboxylic acids is 1. The van der Waals surface area contributed by atoms with Crippen LogP contribution in [0.15, 0.2) is 54.7 Å². The van der Waals surface area contributed by atoms with Gasteiger partial charge in [0.2, 0.25) is 0 Å². The number of nitrogens with zero attached hydrogens (tertiary/aromatic N) is 1. The van der Waals surface area contributed by atoms with Gasteiger partial charge < -0.3 is 9.72 Å². The van der Waals surface area contributed by atoms with Gasteiger partial charge in [0.15, 0.2) is 0 Å². The minimum Gasteiger partial charge on any atom is -0.465 e. The molecule has 0 aliphatic rings. The molecule has 0 atom stereocenters. The normalized spacial score (nSPS) is 10.5. The number of benzene rings is 2. The van der Waals surface area contributed by atoms with Crippen molar-refractivity contribution in [1.82, 2.24) is 9.97 Å². The van der Waals surface area contributed by atoms with Crippen LogP contribution in [0.1, 0.15) is 10.4 Å². The lowest BCUT2D eigenvalue weighted by atomic mass is 10.1. The lowest BCUT2D eigenvalue weighted by molar-refractivity contribution is 0.0601. The number of nitrogens with one attached hydrogen (secondary N) is 1. The molecule has 1 heterocycles. The fraction of sp³-hybridized carbons (Fsp3) is 0.0588. The van der Waals surface area contributed by atoms with Crippen molar-refractivity contribution in [2.45, 2.75) is 0 Å². The van der Waals surface area contributed by atoms with Gasteiger partial charge >= 0.3 is 5.97 Å². The largest absolute Gasteiger partial charge is 0.465 e. The van der Waals surface area contributed by atoms with E-state index in [9.17, 15) is 4.79 Å². The van der Waals surface area contributed by atoms with Crippen LogP contribution in [-0.4, -0.2) is 23.0 Å². The third-order valence-corrected chi connectivity index (χ3v) is 3.50. The van der Waals surface area contributed by atoms with E-state index in [-0.39, 0.29) is 5.97 Å². The summed E-state index contributed by atoms with van der Waals surface area (Å²) in [4.78, 5) is 19.2. The van der Waals surface area contributed by atoms with Crippen molar-refractivity contribution in [3.8, 4) is 22.6 Å². The highest BCUT2D eigenvalue weighted by Gasteiger charge is 2.10. The van der Waals surface area contributed by atoms with E-state index in [1.54, 1.807) is 24.4 Å². The van der Waals surface area contributed by atoms with Gasteiger partial charge in [-0.3, -0.25) is 0 Å². The molecule has 5 heteroatoms. The molecule has 3 rings (SSSR count). The molecule has 1 N–H and O–H groups in total. The van der Waals surface area contributed by atoms with Gasteiger partial charge in [-0.05, 0) is 24.3 Å². The summed E-state index contributed by atoms with van der Waals surface area (Å²) in [7, 11) is 1.36. The highest BCUT2D eigenvalue weighted by molar-refractivity contribution is 6.30. The van der Waals surface area contributed by atoms with E-state index in [0.29, 0.717) is 16.4 Å². The van der Waals surface area contributed by atoms with Gasteiger partial charge in [0.1, 0.15) is 5.82 Å². The lowest BCUT2D eigenvalue weighted by Crippen LogP contribution is -2.00. The van der Waals surface area contributed by atoms with Crippen LogP contribution in [0.2, 0.25) is 5.02 Å². The number of esters is 1. The summed E-state index contributed by atoms with van der Waals surface area (Å²) in [6.45, 7) is 0. The van der Waals surface area contributed by atoms with Crippen LogP contribution in [0.25, 0.3) is 22.6 Å². The maximum atomic E-state index is 11.6. The predicted molar refractivity (Wildman–Crippen MR) is 85.8 cm³/mol. The molecule has 0 saturated heterocycles.